The molecule has 12 heavy (non-hydrogen) atoms. The predicted octanol–water partition coefficient (Wildman–Crippen LogP) is 3.01. The molecule has 0 aromatic carbocycles. The topological polar surface area (TPSA) is 3.24 Å². The lowest BCUT2D eigenvalue weighted by atomic mass is 9.77. The summed E-state index contributed by atoms with van der Waals surface area (Å²) in [6, 6.07) is 0. The zero-order valence-corrected chi connectivity index (χ0v) is 9.65. The molecule has 0 aliphatic carbocycles. The van der Waals surface area contributed by atoms with Crippen molar-refractivity contribution in [1.82, 2.24) is 4.90 Å². The van der Waals surface area contributed by atoms with Gasteiger partial charge in [0.1, 0.15) is 0 Å². The average molecular weight is 171 g/mol. The standard InChI is InChI=1S/C11H25N/c1-10(2)11(3,4)8-7-9-12(5)6/h10H,7-9H2,1-6H3. The lowest BCUT2D eigenvalue weighted by Gasteiger charge is -2.29. The summed E-state index contributed by atoms with van der Waals surface area (Å²) >= 11 is 0. The van der Waals surface area contributed by atoms with E-state index in [4.69, 9.17) is 0 Å². The molecule has 0 aromatic rings. The van der Waals surface area contributed by atoms with Gasteiger partial charge in [-0.25, -0.2) is 0 Å². The highest BCUT2D eigenvalue weighted by atomic mass is 15.0. The molecule has 74 valence electrons. The molecule has 0 aromatic heterocycles. The second-order valence-corrected chi connectivity index (χ2v) is 5.05. The second kappa shape index (κ2) is 4.86. The van der Waals surface area contributed by atoms with Crippen LogP contribution in [0.15, 0.2) is 0 Å². The fraction of sp³-hybridized carbons (Fsp3) is 1.00. The first-order valence-electron chi connectivity index (χ1n) is 5.01. The van der Waals surface area contributed by atoms with E-state index in [1.807, 2.05) is 0 Å². The molecule has 0 saturated carbocycles. The van der Waals surface area contributed by atoms with Crippen LogP contribution in [0.5, 0.6) is 0 Å². The van der Waals surface area contributed by atoms with E-state index < -0.39 is 0 Å². The minimum absolute atomic E-state index is 0.510. The SMILES string of the molecule is CC(C)C(C)(C)CCCN(C)C. The molecule has 0 heterocycles. The summed E-state index contributed by atoms with van der Waals surface area (Å²) in [4.78, 5) is 2.26. The van der Waals surface area contributed by atoms with Crippen LogP contribution in [-0.2, 0) is 0 Å². The van der Waals surface area contributed by atoms with Crippen LogP contribution in [0.3, 0.4) is 0 Å². The maximum absolute atomic E-state index is 2.37. The number of hydrogen-bond acceptors (Lipinski definition) is 1. The Morgan fingerprint density at radius 2 is 1.67 bits per heavy atom. The Bertz CT molecular complexity index is 114. The highest BCUT2D eigenvalue weighted by Crippen LogP contribution is 2.31. The van der Waals surface area contributed by atoms with Crippen molar-refractivity contribution in [3.63, 3.8) is 0 Å². The van der Waals surface area contributed by atoms with Gasteiger partial charge in [-0.3, -0.25) is 0 Å². The quantitative estimate of drug-likeness (QED) is 0.614. The number of nitrogens with zero attached hydrogens (tertiary/aromatic N) is 1. The average Bonchev–Trinajstić information content (AvgIpc) is 1.85. The Labute approximate surface area is 78.1 Å². The van der Waals surface area contributed by atoms with E-state index in [0.717, 1.165) is 5.92 Å². The molecule has 0 bridgehead atoms. The predicted molar refractivity (Wildman–Crippen MR) is 56.4 cm³/mol. The summed E-state index contributed by atoms with van der Waals surface area (Å²) in [5.74, 6) is 0.791. The van der Waals surface area contributed by atoms with Crippen LogP contribution in [0, 0.1) is 11.3 Å². The first-order chi connectivity index (χ1) is 5.36. The van der Waals surface area contributed by atoms with E-state index in [0.29, 0.717) is 5.41 Å². The van der Waals surface area contributed by atoms with Gasteiger partial charge in [-0.15, -0.1) is 0 Å². The van der Waals surface area contributed by atoms with Crippen molar-refractivity contribution < 1.29 is 0 Å². The van der Waals surface area contributed by atoms with Gasteiger partial charge in [0.05, 0.1) is 0 Å². The largest absolute Gasteiger partial charge is 0.309 e. The van der Waals surface area contributed by atoms with E-state index in [1.165, 1.54) is 19.4 Å². The Morgan fingerprint density at radius 3 is 2.00 bits per heavy atom. The minimum atomic E-state index is 0.510. The third-order valence-corrected chi connectivity index (χ3v) is 2.99. The van der Waals surface area contributed by atoms with Crippen LogP contribution in [0.4, 0.5) is 0 Å². The lowest BCUT2D eigenvalue weighted by molar-refractivity contribution is 0.213. The zero-order chi connectivity index (χ0) is 9.78. The highest BCUT2D eigenvalue weighted by molar-refractivity contribution is 4.72. The van der Waals surface area contributed by atoms with Crippen LogP contribution >= 0.6 is 0 Å². The van der Waals surface area contributed by atoms with E-state index >= 15 is 0 Å². The monoisotopic (exact) mass is 171 g/mol. The Morgan fingerprint density at radius 1 is 1.17 bits per heavy atom. The van der Waals surface area contributed by atoms with E-state index in [2.05, 4.69) is 46.7 Å². The first kappa shape index (κ1) is 12.0. The molecule has 0 saturated heterocycles. The van der Waals surface area contributed by atoms with Crippen molar-refractivity contribution >= 4 is 0 Å². The summed E-state index contributed by atoms with van der Waals surface area (Å²) in [6.45, 7) is 10.6. The Hall–Kier alpha value is -0.0400. The molecular formula is C11H25N. The van der Waals surface area contributed by atoms with E-state index in [-0.39, 0.29) is 0 Å². The van der Waals surface area contributed by atoms with Crippen LogP contribution in [0.25, 0.3) is 0 Å². The van der Waals surface area contributed by atoms with Crippen molar-refractivity contribution in [3.05, 3.63) is 0 Å². The molecule has 1 heteroatoms. The minimum Gasteiger partial charge on any atom is -0.309 e. The van der Waals surface area contributed by atoms with Crippen LogP contribution in [-0.4, -0.2) is 25.5 Å². The first-order valence-corrected chi connectivity index (χ1v) is 5.01. The fourth-order valence-corrected chi connectivity index (χ4v) is 1.14. The Kier molecular flexibility index (Phi) is 4.84. The fourth-order valence-electron chi connectivity index (χ4n) is 1.14. The molecule has 0 atom stereocenters. The molecule has 0 aliphatic heterocycles. The molecule has 0 fully saturated rings. The maximum Gasteiger partial charge on any atom is -0.00246 e. The normalized spacial score (nSPS) is 13.0. The number of rotatable bonds is 5. The van der Waals surface area contributed by atoms with Crippen molar-refractivity contribution in [2.45, 2.75) is 40.5 Å². The summed E-state index contributed by atoms with van der Waals surface area (Å²) in [7, 11) is 4.28. The van der Waals surface area contributed by atoms with Gasteiger partial charge in [0.15, 0.2) is 0 Å². The van der Waals surface area contributed by atoms with Crippen molar-refractivity contribution in [2.75, 3.05) is 20.6 Å². The van der Waals surface area contributed by atoms with Gasteiger partial charge in [0.25, 0.3) is 0 Å². The summed E-state index contributed by atoms with van der Waals surface area (Å²) in [5.41, 5.74) is 0.510. The molecule has 0 radical (unpaired) electrons. The summed E-state index contributed by atoms with van der Waals surface area (Å²) in [5, 5.41) is 0. The third-order valence-electron chi connectivity index (χ3n) is 2.99. The van der Waals surface area contributed by atoms with Crippen LogP contribution < -0.4 is 0 Å². The van der Waals surface area contributed by atoms with Gasteiger partial charge >= 0.3 is 0 Å². The Balaban J connectivity index is 3.61. The molecular weight excluding hydrogens is 146 g/mol. The van der Waals surface area contributed by atoms with E-state index in [1.54, 1.807) is 0 Å². The number of hydrogen-bond donors (Lipinski definition) is 0. The van der Waals surface area contributed by atoms with Gasteiger partial charge in [-0.1, -0.05) is 27.7 Å². The van der Waals surface area contributed by atoms with Gasteiger partial charge in [0, 0.05) is 0 Å². The van der Waals surface area contributed by atoms with Crippen LogP contribution in [0.1, 0.15) is 40.5 Å². The molecule has 0 amide bonds. The van der Waals surface area contributed by atoms with Gasteiger partial charge in [-0.05, 0) is 44.8 Å². The summed E-state index contributed by atoms with van der Waals surface area (Å²) < 4.78 is 0. The molecule has 0 rings (SSSR count). The van der Waals surface area contributed by atoms with E-state index in [9.17, 15) is 0 Å². The van der Waals surface area contributed by atoms with Crippen LogP contribution in [0.2, 0.25) is 0 Å². The van der Waals surface area contributed by atoms with Gasteiger partial charge < -0.3 is 4.90 Å². The molecule has 0 N–H and O–H groups in total. The smallest absolute Gasteiger partial charge is 0.00246 e. The third kappa shape index (κ3) is 4.76. The van der Waals surface area contributed by atoms with Crippen molar-refractivity contribution in [1.29, 1.82) is 0 Å². The highest BCUT2D eigenvalue weighted by Gasteiger charge is 2.21. The summed E-state index contributed by atoms with van der Waals surface area (Å²) in [6.07, 6.45) is 2.65. The second-order valence-electron chi connectivity index (χ2n) is 5.05. The van der Waals surface area contributed by atoms with Gasteiger partial charge in [-0.2, -0.15) is 0 Å². The van der Waals surface area contributed by atoms with Gasteiger partial charge in [0.2, 0.25) is 0 Å². The molecule has 0 aliphatic rings. The maximum atomic E-state index is 2.37. The zero-order valence-electron chi connectivity index (χ0n) is 9.65. The van der Waals surface area contributed by atoms with Crippen molar-refractivity contribution in [3.8, 4) is 0 Å². The molecule has 0 unspecified atom stereocenters. The molecule has 1 nitrogen and oxygen atoms in total. The van der Waals surface area contributed by atoms with Crippen molar-refractivity contribution in [2.24, 2.45) is 11.3 Å². The lowest BCUT2D eigenvalue weighted by Crippen LogP contribution is -2.22. The molecule has 0 spiro atoms.